The fourth-order valence-corrected chi connectivity index (χ4v) is 4.18. The van der Waals surface area contributed by atoms with E-state index in [1.54, 1.807) is 36.4 Å². The minimum Gasteiger partial charge on any atom is -0.338 e. The van der Waals surface area contributed by atoms with Crippen LogP contribution in [0.25, 0.3) is 0 Å². The number of rotatable bonds is 5. The molecule has 28 heavy (non-hydrogen) atoms. The van der Waals surface area contributed by atoms with Crippen LogP contribution in [0.15, 0.2) is 53.4 Å². The minimum atomic E-state index is -4.03. The predicted molar refractivity (Wildman–Crippen MR) is 105 cm³/mol. The fourth-order valence-electron chi connectivity index (χ4n) is 3.02. The SMILES string of the molecule is Cc1ccc(S(=O)(=O)OCC2(F)CCN(C(=O)c3cccc(Cl)c3)CC2)cc1. The van der Waals surface area contributed by atoms with Gasteiger partial charge in [0.1, 0.15) is 12.3 Å². The molecule has 1 aliphatic rings. The lowest BCUT2D eigenvalue weighted by atomic mass is 9.94. The number of carbonyl (C=O) groups is 1. The van der Waals surface area contributed by atoms with E-state index in [1.807, 2.05) is 6.92 Å². The number of halogens is 2. The first-order valence-corrected chi connectivity index (χ1v) is 10.7. The largest absolute Gasteiger partial charge is 0.338 e. The van der Waals surface area contributed by atoms with E-state index in [1.165, 1.54) is 17.0 Å². The summed E-state index contributed by atoms with van der Waals surface area (Å²) in [5.74, 6) is -0.224. The molecule has 3 rings (SSSR count). The molecular formula is C20H21ClFNO4S. The molecule has 0 N–H and O–H groups in total. The predicted octanol–water partition coefficient (Wildman–Crippen LogP) is 4.00. The quantitative estimate of drug-likeness (QED) is 0.679. The molecule has 8 heteroatoms. The van der Waals surface area contributed by atoms with E-state index in [-0.39, 0.29) is 36.7 Å². The zero-order valence-electron chi connectivity index (χ0n) is 15.4. The fraction of sp³-hybridized carbons (Fsp3) is 0.350. The molecule has 0 aliphatic carbocycles. The Kier molecular flexibility index (Phi) is 6.07. The highest BCUT2D eigenvalue weighted by molar-refractivity contribution is 7.86. The molecule has 1 fully saturated rings. The van der Waals surface area contributed by atoms with Crippen molar-refractivity contribution < 1.29 is 21.8 Å². The molecule has 0 saturated carbocycles. The molecular weight excluding hydrogens is 405 g/mol. The van der Waals surface area contributed by atoms with E-state index in [2.05, 4.69) is 0 Å². The van der Waals surface area contributed by atoms with Gasteiger partial charge in [-0.25, -0.2) is 4.39 Å². The molecule has 0 radical (unpaired) electrons. The van der Waals surface area contributed by atoms with Gasteiger partial charge in [0.05, 0.1) is 4.90 Å². The monoisotopic (exact) mass is 425 g/mol. The Labute approximate surface area is 169 Å². The minimum absolute atomic E-state index is 0.00270. The lowest BCUT2D eigenvalue weighted by molar-refractivity contribution is 0.0186. The molecule has 0 bridgehead atoms. The Morgan fingerprint density at radius 2 is 1.82 bits per heavy atom. The number of hydrogen-bond donors (Lipinski definition) is 0. The summed E-state index contributed by atoms with van der Waals surface area (Å²) in [7, 11) is -4.03. The van der Waals surface area contributed by atoms with Crippen molar-refractivity contribution in [2.45, 2.75) is 30.3 Å². The van der Waals surface area contributed by atoms with Gasteiger partial charge >= 0.3 is 0 Å². The number of alkyl halides is 1. The van der Waals surface area contributed by atoms with Crippen LogP contribution in [0.1, 0.15) is 28.8 Å². The molecule has 1 amide bonds. The highest BCUT2D eigenvalue weighted by atomic mass is 35.5. The molecule has 2 aromatic rings. The van der Waals surface area contributed by atoms with Gasteiger partial charge in [0.2, 0.25) is 0 Å². The third kappa shape index (κ3) is 4.90. The van der Waals surface area contributed by atoms with Crippen LogP contribution in [0.5, 0.6) is 0 Å². The summed E-state index contributed by atoms with van der Waals surface area (Å²) in [5.41, 5.74) is -0.446. The lowest BCUT2D eigenvalue weighted by Gasteiger charge is -2.36. The number of nitrogens with zero attached hydrogens (tertiary/aromatic N) is 1. The summed E-state index contributed by atoms with van der Waals surface area (Å²) in [6.07, 6.45) is 0.00540. The van der Waals surface area contributed by atoms with Crippen LogP contribution in [-0.2, 0) is 14.3 Å². The highest BCUT2D eigenvalue weighted by Crippen LogP contribution is 2.29. The first kappa shape index (κ1) is 20.8. The van der Waals surface area contributed by atoms with Crippen molar-refractivity contribution in [1.29, 1.82) is 0 Å². The number of amides is 1. The second-order valence-electron chi connectivity index (χ2n) is 6.98. The first-order chi connectivity index (χ1) is 13.2. The van der Waals surface area contributed by atoms with Crippen LogP contribution in [0, 0.1) is 6.92 Å². The topological polar surface area (TPSA) is 63.7 Å². The van der Waals surface area contributed by atoms with Gasteiger partial charge in [0.25, 0.3) is 16.0 Å². The molecule has 0 unspecified atom stereocenters. The third-order valence-electron chi connectivity index (χ3n) is 4.80. The third-order valence-corrected chi connectivity index (χ3v) is 6.31. The molecule has 1 heterocycles. The van der Waals surface area contributed by atoms with Gasteiger partial charge in [-0.15, -0.1) is 0 Å². The molecule has 0 aromatic heterocycles. The maximum atomic E-state index is 15.0. The van der Waals surface area contributed by atoms with Gasteiger partial charge in [-0.3, -0.25) is 8.98 Å². The maximum Gasteiger partial charge on any atom is 0.297 e. The van der Waals surface area contributed by atoms with E-state index < -0.39 is 22.4 Å². The zero-order valence-corrected chi connectivity index (χ0v) is 17.0. The average Bonchev–Trinajstić information content (AvgIpc) is 2.67. The van der Waals surface area contributed by atoms with Crippen molar-refractivity contribution in [3.8, 4) is 0 Å². The Morgan fingerprint density at radius 3 is 2.43 bits per heavy atom. The van der Waals surface area contributed by atoms with Gasteiger partial charge in [-0.05, 0) is 37.3 Å². The summed E-state index contributed by atoms with van der Waals surface area (Å²) >= 11 is 5.91. The summed E-state index contributed by atoms with van der Waals surface area (Å²) < 4.78 is 44.5. The van der Waals surface area contributed by atoms with Gasteiger partial charge in [-0.2, -0.15) is 8.42 Å². The summed E-state index contributed by atoms with van der Waals surface area (Å²) in [5, 5.41) is 0.456. The Hall–Kier alpha value is -1.96. The lowest BCUT2D eigenvalue weighted by Crippen LogP contribution is -2.46. The summed E-state index contributed by atoms with van der Waals surface area (Å²) in [4.78, 5) is 14.0. The van der Waals surface area contributed by atoms with Crippen molar-refractivity contribution in [1.82, 2.24) is 4.90 Å². The highest BCUT2D eigenvalue weighted by Gasteiger charge is 2.38. The van der Waals surface area contributed by atoms with Crippen LogP contribution in [0.2, 0.25) is 5.02 Å². The van der Waals surface area contributed by atoms with E-state index in [9.17, 15) is 13.2 Å². The first-order valence-electron chi connectivity index (χ1n) is 8.88. The van der Waals surface area contributed by atoms with Crippen molar-refractivity contribution in [2.24, 2.45) is 0 Å². The van der Waals surface area contributed by atoms with E-state index in [0.29, 0.717) is 10.6 Å². The number of hydrogen-bond acceptors (Lipinski definition) is 4. The number of aryl methyl sites for hydroxylation is 1. The van der Waals surface area contributed by atoms with Gasteiger partial charge < -0.3 is 4.90 Å². The molecule has 0 spiro atoms. The van der Waals surface area contributed by atoms with E-state index in [4.69, 9.17) is 15.8 Å². The average molecular weight is 426 g/mol. The molecule has 0 atom stereocenters. The molecule has 1 saturated heterocycles. The number of likely N-dealkylation sites (tertiary alicyclic amines) is 1. The zero-order chi connectivity index (χ0) is 20.4. The van der Waals surface area contributed by atoms with Crippen LogP contribution in [0.4, 0.5) is 4.39 Å². The Morgan fingerprint density at radius 1 is 1.18 bits per heavy atom. The normalized spacial score (nSPS) is 16.8. The standard InChI is InChI=1S/C20H21ClFNO4S/c1-15-5-7-18(8-6-15)28(25,26)27-14-20(22)9-11-23(12-10-20)19(24)16-3-2-4-17(21)13-16/h2-8,13H,9-12,14H2,1H3. The molecule has 1 aliphatic heterocycles. The molecule has 150 valence electrons. The van der Waals surface area contributed by atoms with E-state index >= 15 is 4.39 Å². The summed E-state index contributed by atoms with van der Waals surface area (Å²) in [6.45, 7) is 1.63. The van der Waals surface area contributed by atoms with Crippen LogP contribution in [-0.4, -0.2) is 44.6 Å². The van der Waals surface area contributed by atoms with Crippen molar-refractivity contribution in [2.75, 3.05) is 19.7 Å². The molecule has 2 aromatic carbocycles. The van der Waals surface area contributed by atoms with Crippen molar-refractivity contribution in [3.63, 3.8) is 0 Å². The molecule has 5 nitrogen and oxygen atoms in total. The van der Waals surface area contributed by atoms with Crippen LogP contribution < -0.4 is 0 Å². The van der Waals surface area contributed by atoms with Crippen molar-refractivity contribution in [3.05, 3.63) is 64.7 Å². The van der Waals surface area contributed by atoms with Gasteiger partial charge in [0.15, 0.2) is 0 Å². The smallest absolute Gasteiger partial charge is 0.297 e. The Bertz CT molecular complexity index is 954. The van der Waals surface area contributed by atoms with Gasteiger partial charge in [-0.1, -0.05) is 35.4 Å². The number of piperidine rings is 1. The number of benzene rings is 2. The van der Waals surface area contributed by atoms with Gasteiger partial charge in [0, 0.05) is 36.5 Å². The summed E-state index contributed by atoms with van der Waals surface area (Å²) in [6, 6.07) is 12.8. The maximum absolute atomic E-state index is 15.0. The second-order valence-corrected chi connectivity index (χ2v) is 9.03. The van der Waals surface area contributed by atoms with E-state index in [0.717, 1.165) is 5.56 Å². The Balaban J connectivity index is 1.58. The van der Waals surface area contributed by atoms with Crippen LogP contribution >= 0.6 is 11.6 Å². The number of carbonyl (C=O) groups excluding carboxylic acids is 1. The van der Waals surface area contributed by atoms with Crippen molar-refractivity contribution >= 4 is 27.6 Å². The second kappa shape index (κ2) is 8.19. The van der Waals surface area contributed by atoms with Crippen LogP contribution in [0.3, 0.4) is 0 Å².